The van der Waals surface area contributed by atoms with E-state index in [1.165, 1.54) is 25.0 Å². The molecule has 2 nitrogen and oxygen atoms in total. The third-order valence-corrected chi connectivity index (χ3v) is 3.11. The number of hydrogen-bond donors (Lipinski definition) is 1. The van der Waals surface area contributed by atoms with Crippen LogP contribution in [-0.4, -0.2) is 37.1 Å². The van der Waals surface area contributed by atoms with E-state index >= 15 is 0 Å². The van der Waals surface area contributed by atoms with E-state index in [4.69, 9.17) is 0 Å². The van der Waals surface area contributed by atoms with Gasteiger partial charge in [-0.25, -0.2) is 0 Å². The predicted molar refractivity (Wildman–Crippen MR) is 78.5 cm³/mol. The SMILES string of the molecule is C=C(CNCC)CN(CC(C)C)C(CC)CC. The molecule has 0 fully saturated rings. The van der Waals surface area contributed by atoms with Crippen LogP contribution in [0, 0.1) is 5.92 Å². The average Bonchev–Trinajstić information content (AvgIpc) is 2.27. The average molecular weight is 240 g/mol. The maximum Gasteiger partial charge on any atom is 0.0205 e. The van der Waals surface area contributed by atoms with Crippen LogP contribution in [0.4, 0.5) is 0 Å². The topological polar surface area (TPSA) is 15.3 Å². The first-order valence-electron chi connectivity index (χ1n) is 7.16. The molecule has 17 heavy (non-hydrogen) atoms. The van der Waals surface area contributed by atoms with Gasteiger partial charge in [-0.05, 0) is 30.9 Å². The molecule has 1 N–H and O–H groups in total. The Morgan fingerprint density at radius 2 is 1.76 bits per heavy atom. The minimum absolute atomic E-state index is 0.704. The molecule has 0 aliphatic heterocycles. The van der Waals surface area contributed by atoms with Crippen molar-refractivity contribution in [2.75, 3.05) is 26.2 Å². The molecule has 0 unspecified atom stereocenters. The molecular weight excluding hydrogens is 208 g/mol. The van der Waals surface area contributed by atoms with Crippen LogP contribution in [0.3, 0.4) is 0 Å². The van der Waals surface area contributed by atoms with Gasteiger partial charge < -0.3 is 5.32 Å². The van der Waals surface area contributed by atoms with Crippen LogP contribution in [0.5, 0.6) is 0 Å². The highest BCUT2D eigenvalue weighted by Gasteiger charge is 2.16. The first-order valence-corrected chi connectivity index (χ1v) is 7.16. The highest BCUT2D eigenvalue weighted by molar-refractivity contribution is 5.00. The maximum absolute atomic E-state index is 4.19. The van der Waals surface area contributed by atoms with E-state index < -0.39 is 0 Å². The van der Waals surface area contributed by atoms with Crippen molar-refractivity contribution in [2.24, 2.45) is 5.92 Å². The lowest BCUT2D eigenvalue weighted by Crippen LogP contribution is -2.39. The predicted octanol–water partition coefficient (Wildman–Crippen LogP) is 3.30. The summed E-state index contributed by atoms with van der Waals surface area (Å²) < 4.78 is 0. The van der Waals surface area contributed by atoms with Crippen molar-refractivity contribution < 1.29 is 0 Å². The van der Waals surface area contributed by atoms with E-state index in [9.17, 15) is 0 Å². The summed E-state index contributed by atoms with van der Waals surface area (Å²) in [5, 5.41) is 3.36. The largest absolute Gasteiger partial charge is 0.313 e. The molecule has 0 radical (unpaired) electrons. The van der Waals surface area contributed by atoms with Gasteiger partial charge in [0.15, 0.2) is 0 Å². The molecule has 0 amide bonds. The Labute approximate surface area is 108 Å². The quantitative estimate of drug-likeness (QED) is 0.589. The number of likely N-dealkylation sites (N-methyl/N-ethyl adjacent to an activating group) is 1. The standard InChI is InChI=1S/C15H32N2/c1-7-15(8-2)17(11-13(4)5)12-14(6)10-16-9-3/h13,15-16H,6-12H2,1-5H3. The lowest BCUT2D eigenvalue weighted by molar-refractivity contribution is 0.179. The zero-order valence-electron chi connectivity index (χ0n) is 12.6. The van der Waals surface area contributed by atoms with Gasteiger partial charge in [-0.3, -0.25) is 4.90 Å². The normalized spacial score (nSPS) is 11.8. The van der Waals surface area contributed by atoms with Gasteiger partial charge in [0.25, 0.3) is 0 Å². The lowest BCUT2D eigenvalue weighted by Gasteiger charge is -2.32. The minimum atomic E-state index is 0.704. The summed E-state index contributed by atoms with van der Waals surface area (Å²) in [6, 6.07) is 0.704. The molecule has 0 bridgehead atoms. The Morgan fingerprint density at radius 3 is 2.18 bits per heavy atom. The monoisotopic (exact) mass is 240 g/mol. The van der Waals surface area contributed by atoms with Crippen LogP contribution in [-0.2, 0) is 0 Å². The highest BCUT2D eigenvalue weighted by atomic mass is 15.2. The Kier molecular flexibility index (Phi) is 9.47. The summed E-state index contributed by atoms with van der Waals surface area (Å²) in [5.41, 5.74) is 1.31. The molecule has 102 valence electrons. The van der Waals surface area contributed by atoms with Gasteiger partial charge in [-0.15, -0.1) is 0 Å². The first-order chi connectivity index (χ1) is 8.04. The molecule has 0 aliphatic carbocycles. The van der Waals surface area contributed by atoms with Crippen molar-refractivity contribution in [3.05, 3.63) is 12.2 Å². The van der Waals surface area contributed by atoms with Crippen molar-refractivity contribution in [3.8, 4) is 0 Å². The highest BCUT2D eigenvalue weighted by Crippen LogP contribution is 2.13. The van der Waals surface area contributed by atoms with Gasteiger partial charge in [-0.2, -0.15) is 0 Å². The summed E-state index contributed by atoms with van der Waals surface area (Å²) >= 11 is 0. The molecule has 0 heterocycles. The van der Waals surface area contributed by atoms with Crippen molar-refractivity contribution in [2.45, 2.75) is 53.5 Å². The molecule has 0 aromatic heterocycles. The van der Waals surface area contributed by atoms with Crippen LogP contribution in [0.25, 0.3) is 0 Å². The number of rotatable bonds is 10. The third-order valence-electron chi connectivity index (χ3n) is 3.11. The maximum atomic E-state index is 4.19. The van der Waals surface area contributed by atoms with E-state index in [1.807, 2.05) is 0 Å². The zero-order valence-corrected chi connectivity index (χ0v) is 12.6. The molecule has 0 saturated heterocycles. The second-order valence-corrected chi connectivity index (χ2v) is 5.32. The van der Waals surface area contributed by atoms with Crippen LogP contribution in [0.2, 0.25) is 0 Å². The summed E-state index contributed by atoms with van der Waals surface area (Å²) in [5.74, 6) is 0.725. The van der Waals surface area contributed by atoms with Gasteiger partial charge in [-0.1, -0.05) is 41.2 Å². The molecule has 0 rings (SSSR count). The summed E-state index contributed by atoms with van der Waals surface area (Å²) in [6.07, 6.45) is 2.47. The second-order valence-electron chi connectivity index (χ2n) is 5.32. The summed E-state index contributed by atoms with van der Waals surface area (Å²) in [6.45, 7) is 19.7. The van der Waals surface area contributed by atoms with Crippen molar-refractivity contribution in [3.63, 3.8) is 0 Å². The van der Waals surface area contributed by atoms with E-state index in [0.717, 1.165) is 25.6 Å². The Bertz CT molecular complexity index is 195. The number of hydrogen-bond acceptors (Lipinski definition) is 2. The van der Waals surface area contributed by atoms with Gasteiger partial charge >= 0.3 is 0 Å². The van der Waals surface area contributed by atoms with Crippen LogP contribution in [0.1, 0.15) is 47.5 Å². The van der Waals surface area contributed by atoms with Gasteiger partial charge in [0, 0.05) is 25.7 Å². The Morgan fingerprint density at radius 1 is 1.18 bits per heavy atom. The summed E-state index contributed by atoms with van der Waals surface area (Å²) in [7, 11) is 0. The Hall–Kier alpha value is -0.340. The smallest absolute Gasteiger partial charge is 0.0205 e. The fraction of sp³-hybridized carbons (Fsp3) is 0.867. The van der Waals surface area contributed by atoms with Crippen molar-refractivity contribution >= 4 is 0 Å². The van der Waals surface area contributed by atoms with E-state index in [1.54, 1.807) is 0 Å². The third kappa shape index (κ3) is 7.56. The minimum Gasteiger partial charge on any atom is -0.313 e. The molecule has 0 atom stereocenters. The van der Waals surface area contributed by atoms with Crippen molar-refractivity contribution in [1.82, 2.24) is 10.2 Å². The Balaban J connectivity index is 4.31. The molecule has 0 aromatic carbocycles. The van der Waals surface area contributed by atoms with E-state index in [-0.39, 0.29) is 0 Å². The number of nitrogens with zero attached hydrogens (tertiary/aromatic N) is 1. The van der Waals surface area contributed by atoms with E-state index in [0.29, 0.717) is 6.04 Å². The number of nitrogens with one attached hydrogen (secondary N) is 1. The molecule has 0 aromatic rings. The molecule has 0 saturated carbocycles. The fourth-order valence-electron chi connectivity index (χ4n) is 2.26. The second kappa shape index (κ2) is 9.67. The van der Waals surface area contributed by atoms with Crippen LogP contribution in [0.15, 0.2) is 12.2 Å². The van der Waals surface area contributed by atoms with Crippen LogP contribution < -0.4 is 5.32 Å². The molecule has 2 heteroatoms. The van der Waals surface area contributed by atoms with E-state index in [2.05, 4.69) is 51.4 Å². The van der Waals surface area contributed by atoms with Gasteiger partial charge in [0.05, 0.1) is 0 Å². The molecular formula is C15H32N2. The molecule has 0 aliphatic rings. The lowest BCUT2D eigenvalue weighted by atomic mass is 10.1. The summed E-state index contributed by atoms with van der Waals surface area (Å²) in [4.78, 5) is 2.60. The zero-order chi connectivity index (χ0) is 13.3. The fourth-order valence-corrected chi connectivity index (χ4v) is 2.26. The van der Waals surface area contributed by atoms with Gasteiger partial charge in [0.2, 0.25) is 0 Å². The van der Waals surface area contributed by atoms with Crippen molar-refractivity contribution in [1.29, 1.82) is 0 Å². The first kappa shape index (κ1) is 16.7. The van der Waals surface area contributed by atoms with Crippen LogP contribution >= 0.6 is 0 Å². The van der Waals surface area contributed by atoms with Gasteiger partial charge in [0.1, 0.15) is 0 Å². The molecule has 0 spiro atoms.